The molecule has 20 heavy (non-hydrogen) atoms. The van der Waals surface area contributed by atoms with Gasteiger partial charge in [-0.3, -0.25) is 0 Å². The molecule has 0 radical (unpaired) electrons. The van der Waals surface area contributed by atoms with Crippen LogP contribution in [0.25, 0.3) is 17.0 Å². The number of rotatable bonds is 3. The van der Waals surface area contributed by atoms with Crippen LogP contribution in [0.5, 0.6) is 5.75 Å². The summed E-state index contributed by atoms with van der Waals surface area (Å²) < 4.78 is 10.7. The van der Waals surface area contributed by atoms with Crippen molar-refractivity contribution in [1.82, 2.24) is 0 Å². The maximum atomic E-state index is 11.5. The second-order valence-corrected chi connectivity index (χ2v) is 5.29. The molecule has 1 N–H and O–H groups in total. The summed E-state index contributed by atoms with van der Waals surface area (Å²) in [6, 6.07) is 5.01. The minimum Gasteiger partial charge on any atom is -0.496 e. The first kappa shape index (κ1) is 14.3. The Morgan fingerprint density at radius 2 is 2.05 bits per heavy atom. The summed E-state index contributed by atoms with van der Waals surface area (Å²) in [5, 5.41) is 10.7. The molecule has 2 aromatic rings. The molecular formula is C16H18O4. The zero-order valence-corrected chi connectivity index (χ0v) is 12.1. The third kappa shape index (κ3) is 2.91. The van der Waals surface area contributed by atoms with Crippen LogP contribution in [-0.2, 0) is 0 Å². The zero-order valence-electron chi connectivity index (χ0n) is 12.1. The van der Waals surface area contributed by atoms with Gasteiger partial charge in [-0.05, 0) is 44.5 Å². The van der Waals surface area contributed by atoms with Crippen LogP contribution < -0.4 is 10.4 Å². The molecule has 0 saturated heterocycles. The molecule has 0 aliphatic carbocycles. The van der Waals surface area contributed by atoms with E-state index in [1.807, 2.05) is 13.0 Å². The standard InChI is InChI=1S/C16H18O4/c1-10-9-13(19-4)12(7-8-16(2,3)18)15-11(10)5-6-14(17)20-15/h5-9,18H,1-4H3. The number of methoxy groups -OCH3 is 1. The van der Waals surface area contributed by atoms with Crippen molar-refractivity contribution in [3.8, 4) is 5.75 Å². The van der Waals surface area contributed by atoms with Crippen molar-refractivity contribution in [1.29, 1.82) is 0 Å². The SMILES string of the molecule is COc1cc(C)c2ccc(=O)oc2c1C=CC(C)(C)O. The molecule has 0 saturated carbocycles. The molecule has 2 rings (SSSR count). The Morgan fingerprint density at radius 1 is 1.35 bits per heavy atom. The third-order valence-corrected chi connectivity index (χ3v) is 2.99. The maximum Gasteiger partial charge on any atom is 0.336 e. The maximum absolute atomic E-state index is 11.5. The molecule has 4 heteroatoms. The van der Waals surface area contributed by atoms with E-state index < -0.39 is 11.2 Å². The number of aryl methyl sites for hydroxylation is 1. The van der Waals surface area contributed by atoms with Gasteiger partial charge in [0.2, 0.25) is 0 Å². The van der Waals surface area contributed by atoms with Gasteiger partial charge in [0, 0.05) is 11.5 Å². The van der Waals surface area contributed by atoms with E-state index in [9.17, 15) is 9.90 Å². The minimum atomic E-state index is -0.961. The van der Waals surface area contributed by atoms with Crippen LogP contribution >= 0.6 is 0 Å². The fraction of sp³-hybridized carbons (Fsp3) is 0.312. The van der Waals surface area contributed by atoms with Crippen LogP contribution in [0.15, 0.2) is 33.5 Å². The Labute approximate surface area is 117 Å². The topological polar surface area (TPSA) is 59.7 Å². The van der Waals surface area contributed by atoms with Crippen molar-refractivity contribution in [2.75, 3.05) is 7.11 Å². The van der Waals surface area contributed by atoms with Gasteiger partial charge >= 0.3 is 5.63 Å². The quantitative estimate of drug-likeness (QED) is 0.874. The van der Waals surface area contributed by atoms with Crippen LogP contribution in [0.1, 0.15) is 25.0 Å². The molecule has 4 nitrogen and oxygen atoms in total. The summed E-state index contributed by atoms with van der Waals surface area (Å²) in [7, 11) is 1.56. The Balaban J connectivity index is 2.78. The Kier molecular flexibility index (Phi) is 3.68. The lowest BCUT2D eigenvalue weighted by Gasteiger charge is -2.13. The molecule has 106 valence electrons. The van der Waals surface area contributed by atoms with Gasteiger partial charge in [0.25, 0.3) is 0 Å². The minimum absolute atomic E-state index is 0.414. The van der Waals surface area contributed by atoms with Crippen molar-refractivity contribution in [3.05, 3.63) is 45.8 Å². The molecule has 1 aromatic heterocycles. The number of aliphatic hydroxyl groups is 1. The summed E-state index contributed by atoms with van der Waals surface area (Å²) in [4.78, 5) is 11.5. The number of hydrogen-bond donors (Lipinski definition) is 1. The van der Waals surface area contributed by atoms with Gasteiger partial charge < -0.3 is 14.3 Å². The van der Waals surface area contributed by atoms with E-state index in [1.165, 1.54) is 6.07 Å². The summed E-state index contributed by atoms with van der Waals surface area (Å²) in [6.07, 6.45) is 3.34. The Morgan fingerprint density at radius 3 is 2.65 bits per heavy atom. The van der Waals surface area contributed by atoms with E-state index in [0.29, 0.717) is 16.9 Å². The van der Waals surface area contributed by atoms with Crippen molar-refractivity contribution < 1.29 is 14.3 Å². The Hall–Kier alpha value is -2.07. The van der Waals surface area contributed by atoms with Crippen LogP contribution in [0, 0.1) is 6.92 Å². The first-order valence-corrected chi connectivity index (χ1v) is 6.35. The summed E-state index contributed by atoms with van der Waals surface area (Å²) in [6.45, 7) is 5.26. The molecule has 0 atom stereocenters. The van der Waals surface area contributed by atoms with Gasteiger partial charge in [-0.25, -0.2) is 4.79 Å². The summed E-state index contributed by atoms with van der Waals surface area (Å²) in [5.74, 6) is 0.602. The van der Waals surface area contributed by atoms with Crippen LogP contribution in [-0.4, -0.2) is 17.8 Å². The second-order valence-electron chi connectivity index (χ2n) is 5.29. The van der Waals surface area contributed by atoms with Crippen LogP contribution in [0.3, 0.4) is 0 Å². The van der Waals surface area contributed by atoms with Crippen molar-refractivity contribution in [3.63, 3.8) is 0 Å². The van der Waals surface area contributed by atoms with E-state index in [4.69, 9.17) is 9.15 Å². The highest BCUT2D eigenvalue weighted by molar-refractivity contribution is 5.90. The van der Waals surface area contributed by atoms with E-state index >= 15 is 0 Å². The lowest BCUT2D eigenvalue weighted by molar-refractivity contribution is 0.134. The highest BCUT2D eigenvalue weighted by Crippen LogP contribution is 2.31. The smallest absolute Gasteiger partial charge is 0.336 e. The van der Waals surface area contributed by atoms with Gasteiger partial charge in [0.05, 0.1) is 18.3 Å². The number of benzene rings is 1. The van der Waals surface area contributed by atoms with Gasteiger partial charge in [0.1, 0.15) is 11.3 Å². The average molecular weight is 274 g/mol. The first-order chi connectivity index (χ1) is 9.31. The number of hydrogen-bond acceptors (Lipinski definition) is 4. The fourth-order valence-corrected chi connectivity index (χ4v) is 2.01. The fourth-order valence-electron chi connectivity index (χ4n) is 2.01. The summed E-state index contributed by atoms with van der Waals surface area (Å²) in [5.41, 5.74) is 0.698. The van der Waals surface area contributed by atoms with Crippen LogP contribution in [0.4, 0.5) is 0 Å². The molecule has 0 aliphatic rings. The monoisotopic (exact) mass is 274 g/mol. The molecular weight excluding hydrogens is 256 g/mol. The third-order valence-electron chi connectivity index (χ3n) is 2.99. The molecule has 0 bridgehead atoms. The highest BCUT2D eigenvalue weighted by Gasteiger charge is 2.13. The normalized spacial score (nSPS) is 12.2. The Bertz CT molecular complexity index is 718. The van der Waals surface area contributed by atoms with Gasteiger partial charge in [-0.2, -0.15) is 0 Å². The van der Waals surface area contributed by atoms with Gasteiger partial charge in [-0.15, -0.1) is 0 Å². The predicted octanol–water partition coefficient (Wildman–Crippen LogP) is 2.89. The molecule has 0 unspecified atom stereocenters. The molecule has 0 fully saturated rings. The molecule has 0 aliphatic heterocycles. The van der Waals surface area contributed by atoms with E-state index in [1.54, 1.807) is 39.2 Å². The van der Waals surface area contributed by atoms with Gasteiger partial charge in [-0.1, -0.05) is 6.08 Å². The number of ether oxygens (including phenoxy) is 1. The highest BCUT2D eigenvalue weighted by atomic mass is 16.5. The lowest BCUT2D eigenvalue weighted by atomic mass is 10.0. The first-order valence-electron chi connectivity index (χ1n) is 6.35. The lowest BCUT2D eigenvalue weighted by Crippen LogP contribution is -2.13. The number of fused-ring (bicyclic) bond motifs is 1. The average Bonchev–Trinajstić information content (AvgIpc) is 2.35. The molecule has 1 heterocycles. The van der Waals surface area contributed by atoms with Crippen molar-refractivity contribution in [2.45, 2.75) is 26.4 Å². The molecule has 0 amide bonds. The second kappa shape index (κ2) is 5.13. The molecule has 1 aromatic carbocycles. The summed E-state index contributed by atoms with van der Waals surface area (Å²) >= 11 is 0. The van der Waals surface area contributed by atoms with Crippen molar-refractivity contribution >= 4 is 17.0 Å². The zero-order chi connectivity index (χ0) is 14.9. The van der Waals surface area contributed by atoms with E-state index in [-0.39, 0.29) is 0 Å². The van der Waals surface area contributed by atoms with Gasteiger partial charge in [0.15, 0.2) is 0 Å². The van der Waals surface area contributed by atoms with E-state index in [0.717, 1.165) is 10.9 Å². The predicted molar refractivity (Wildman–Crippen MR) is 79.1 cm³/mol. The van der Waals surface area contributed by atoms with Crippen molar-refractivity contribution in [2.24, 2.45) is 0 Å². The molecule has 0 spiro atoms. The largest absolute Gasteiger partial charge is 0.496 e. The van der Waals surface area contributed by atoms with E-state index in [2.05, 4.69) is 0 Å². The van der Waals surface area contributed by atoms with Crippen LogP contribution in [0.2, 0.25) is 0 Å².